The maximum absolute atomic E-state index is 13.2. The third kappa shape index (κ3) is 43.0. The van der Waals surface area contributed by atoms with Crippen LogP contribution in [0.1, 0.15) is 284 Å². The van der Waals surface area contributed by atoms with Crippen molar-refractivity contribution >= 4 is 11.9 Å². The number of hydrogen-bond acceptors (Lipinski definition) is 5. The Balaban J connectivity index is 4.52. The molecule has 0 aliphatic heterocycles. The van der Waals surface area contributed by atoms with Crippen LogP contribution in [0.4, 0.5) is 0 Å². The van der Waals surface area contributed by atoms with E-state index in [1.807, 2.05) is 0 Å². The third-order valence-corrected chi connectivity index (χ3v) is 12.3. The molecule has 6 heteroatoms. The van der Waals surface area contributed by atoms with Gasteiger partial charge in [-0.2, -0.15) is 0 Å². The minimum absolute atomic E-state index is 0.0573. The number of esters is 1. The summed E-state index contributed by atoms with van der Waals surface area (Å²) >= 11 is 0. The van der Waals surface area contributed by atoms with E-state index in [4.69, 9.17) is 4.74 Å². The lowest BCUT2D eigenvalue weighted by atomic mass is 10.0. The molecule has 0 radical (unpaired) electrons. The zero-order chi connectivity index (χ0) is 43.8. The van der Waals surface area contributed by atoms with Gasteiger partial charge in [0.05, 0.1) is 25.2 Å². The minimum atomic E-state index is -0.792. The van der Waals surface area contributed by atoms with Crippen molar-refractivity contribution in [2.24, 2.45) is 0 Å². The highest BCUT2D eigenvalue weighted by Gasteiger charge is 2.24. The maximum Gasteiger partial charge on any atom is 0.306 e. The molecule has 0 saturated carbocycles. The van der Waals surface area contributed by atoms with E-state index in [0.29, 0.717) is 19.3 Å². The van der Waals surface area contributed by atoms with E-state index in [0.717, 1.165) is 64.2 Å². The lowest BCUT2D eigenvalue weighted by Crippen LogP contribution is -2.46. The first kappa shape index (κ1) is 58.3. The van der Waals surface area contributed by atoms with Crippen LogP contribution in [-0.2, 0) is 14.3 Å². The number of nitrogens with one attached hydrogen (secondary N) is 1. The summed E-state index contributed by atoms with van der Waals surface area (Å²) in [5, 5.41) is 23.8. The third-order valence-electron chi connectivity index (χ3n) is 12.3. The van der Waals surface area contributed by atoms with Crippen LogP contribution in [0.15, 0.2) is 24.3 Å². The topological polar surface area (TPSA) is 95.9 Å². The molecule has 0 rings (SSSR count). The molecule has 3 atom stereocenters. The van der Waals surface area contributed by atoms with E-state index in [1.54, 1.807) is 0 Å². The van der Waals surface area contributed by atoms with Crippen molar-refractivity contribution in [1.29, 1.82) is 0 Å². The molecular formula is C54H103NO5. The molecule has 0 bridgehead atoms. The molecule has 0 aromatic carbocycles. The van der Waals surface area contributed by atoms with Gasteiger partial charge in [0.1, 0.15) is 6.10 Å². The Hall–Kier alpha value is -1.66. The first-order chi connectivity index (χ1) is 29.5. The summed E-state index contributed by atoms with van der Waals surface area (Å²) in [6, 6.07) is -0.707. The molecule has 0 aliphatic carbocycles. The van der Waals surface area contributed by atoms with Crippen molar-refractivity contribution in [2.45, 2.75) is 302 Å². The summed E-state index contributed by atoms with van der Waals surface area (Å²) in [4.78, 5) is 26.1. The van der Waals surface area contributed by atoms with E-state index in [9.17, 15) is 19.8 Å². The molecule has 354 valence electrons. The molecule has 0 heterocycles. The van der Waals surface area contributed by atoms with Gasteiger partial charge in [0, 0.05) is 6.42 Å². The van der Waals surface area contributed by atoms with Gasteiger partial charge in [-0.25, -0.2) is 0 Å². The zero-order valence-corrected chi connectivity index (χ0v) is 40.4. The van der Waals surface area contributed by atoms with E-state index >= 15 is 0 Å². The van der Waals surface area contributed by atoms with Crippen molar-refractivity contribution in [2.75, 3.05) is 6.61 Å². The summed E-state index contributed by atoms with van der Waals surface area (Å²) in [6.45, 7) is 6.48. The average Bonchev–Trinajstić information content (AvgIpc) is 3.24. The molecule has 1 amide bonds. The number of allylic oxidation sites excluding steroid dienone is 4. The molecule has 3 unspecified atom stereocenters. The number of aliphatic hydroxyl groups excluding tert-OH is 2. The van der Waals surface area contributed by atoms with Crippen LogP contribution < -0.4 is 5.32 Å². The average molecular weight is 846 g/mol. The largest absolute Gasteiger partial charge is 0.462 e. The summed E-state index contributed by atoms with van der Waals surface area (Å²) in [7, 11) is 0. The molecule has 0 saturated heterocycles. The van der Waals surface area contributed by atoms with Crippen LogP contribution in [0, 0.1) is 0 Å². The predicted molar refractivity (Wildman–Crippen MR) is 260 cm³/mol. The van der Waals surface area contributed by atoms with Crippen molar-refractivity contribution in [3.63, 3.8) is 0 Å². The monoisotopic (exact) mass is 846 g/mol. The Morgan fingerprint density at radius 1 is 0.467 bits per heavy atom. The van der Waals surface area contributed by atoms with E-state index < -0.39 is 18.2 Å². The number of unbranched alkanes of at least 4 members (excludes halogenated alkanes) is 32. The molecule has 0 aromatic heterocycles. The Morgan fingerprint density at radius 3 is 1.22 bits per heavy atom. The Kier molecular flexibility index (Phi) is 47.0. The van der Waals surface area contributed by atoms with Crippen LogP contribution in [0.5, 0.6) is 0 Å². The minimum Gasteiger partial charge on any atom is -0.462 e. The number of carbonyl (C=O) groups is 2. The Bertz CT molecular complexity index is 950. The fraction of sp³-hybridized carbons (Fsp3) is 0.889. The van der Waals surface area contributed by atoms with Gasteiger partial charge >= 0.3 is 5.97 Å². The van der Waals surface area contributed by atoms with Crippen LogP contribution in [0.25, 0.3) is 0 Å². The van der Waals surface area contributed by atoms with Gasteiger partial charge in [-0.3, -0.25) is 9.59 Å². The maximum atomic E-state index is 13.2. The molecular weight excluding hydrogens is 743 g/mol. The number of amides is 1. The standard InChI is InChI=1S/C54H103NO5/c1-4-7-10-13-16-19-22-24-26-27-29-32-35-38-41-44-47-54(59)60-50(45-42-39-36-33-30-21-18-15-12-9-6-3)48-53(58)55-51(49-56)52(57)46-43-40-37-34-31-28-25-23-20-17-14-11-8-5-2/h26-27,33,36,50-52,56-57H,4-25,28-32,34-35,37-49H2,1-3H3,(H,55,58)/b27-26+,36-33-. The lowest BCUT2D eigenvalue weighted by Gasteiger charge is -2.24. The van der Waals surface area contributed by atoms with Gasteiger partial charge in [-0.15, -0.1) is 0 Å². The van der Waals surface area contributed by atoms with Gasteiger partial charge in [-0.05, 0) is 70.6 Å². The molecule has 60 heavy (non-hydrogen) atoms. The van der Waals surface area contributed by atoms with Gasteiger partial charge < -0.3 is 20.3 Å². The summed E-state index contributed by atoms with van der Waals surface area (Å²) in [5.74, 6) is -0.502. The highest BCUT2D eigenvalue weighted by atomic mass is 16.5. The molecule has 0 fully saturated rings. The van der Waals surface area contributed by atoms with Gasteiger partial charge in [-0.1, -0.05) is 225 Å². The molecule has 0 aliphatic rings. The molecule has 3 N–H and O–H groups in total. The second kappa shape index (κ2) is 48.4. The number of rotatable bonds is 48. The number of carbonyl (C=O) groups excluding carboxylic acids is 2. The van der Waals surface area contributed by atoms with Crippen molar-refractivity contribution in [3.05, 3.63) is 24.3 Å². The van der Waals surface area contributed by atoms with Crippen molar-refractivity contribution < 1.29 is 24.5 Å². The second-order valence-electron chi connectivity index (χ2n) is 18.3. The highest BCUT2D eigenvalue weighted by molar-refractivity contribution is 5.77. The van der Waals surface area contributed by atoms with Gasteiger partial charge in [0.2, 0.25) is 5.91 Å². The normalized spacial score (nSPS) is 13.3. The molecule has 0 spiro atoms. The first-order valence-electron chi connectivity index (χ1n) is 26.6. The number of aliphatic hydroxyl groups is 2. The van der Waals surface area contributed by atoms with Gasteiger partial charge in [0.25, 0.3) is 0 Å². The Labute approximate surface area is 373 Å². The molecule has 6 nitrogen and oxygen atoms in total. The number of hydrogen-bond donors (Lipinski definition) is 3. The van der Waals surface area contributed by atoms with Crippen molar-refractivity contribution in [1.82, 2.24) is 5.32 Å². The van der Waals surface area contributed by atoms with Crippen LogP contribution in [-0.4, -0.2) is 46.9 Å². The second-order valence-corrected chi connectivity index (χ2v) is 18.3. The lowest BCUT2D eigenvalue weighted by molar-refractivity contribution is -0.151. The van der Waals surface area contributed by atoms with Crippen LogP contribution in [0.3, 0.4) is 0 Å². The van der Waals surface area contributed by atoms with E-state index in [-0.39, 0.29) is 24.9 Å². The summed E-state index contributed by atoms with van der Waals surface area (Å²) < 4.78 is 5.91. The Morgan fingerprint density at radius 2 is 0.817 bits per heavy atom. The smallest absolute Gasteiger partial charge is 0.306 e. The highest BCUT2D eigenvalue weighted by Crippen LogP contribution is 2.17. The first-order valence-corrected chi connectivity index (χ1v) is 26.6. The van der Waals surface area contributed by atoms with E-state index in [2.05, 4.69) is 50.4 Å². The molecule has 0 aromatic rings. The quantitative estimate of drug-likeness (QED) is 0.0322. The zero-order valence-electron chi connectivity index (χ0n) is 40.4. The summed E-state index contributed by atoms with van der Waals surface area (Å²) in [6.07, 6.45) is 55.3. The van der Waals surface area contributed by atoms with E-state index in [1.165, 1.54) is 173 Å². The fourth-order valence-corrected chi connectivity index (χ4v) is 8.19. The van der Waals surface area contributed by atoms with Crippen molar-refractivity contribution in [3.8, 4) is 0 Å². The summed E-state index contributed by atoms with van der Waals surface area (Å²) in [5.41, 5.74) is 0. The van der Waals surface area contributed by atoms with Crippen LogP contribution in [0.2, 0.25) is 0 Å². The predicted octanol–water partition coefficient (Wildman–Crippen LogP) is 15.9. The van der Waals surface area contributed by atoms with Crippen LogP contribution >= 0.6 is 0 Å². The number of ether oxygens (including phenoxy) is 1. The fourth-order valence-electron chi connectivity index (χ4n) is 8.19. The SMILES string of the molecule is CCCCCCCC/C=C\CCCC(CC(=O)NC(CO)C(O)CCCCCCCCCCCCCCCC)OC(=O)CCCCCCC/C=C/CCCCCCCCC. The van der Waals surface area contributed by atoms with Gasteiger partial charge in [0.15, 0.2) is 0 Å².